The predicted octanol–water partition coefficient (Wildman–Crippen LogP) is 7.27. The molecule has 2 aliphatic heterocycles. The third kappa shape index (κ3) is 16.0. The van der Waals surface area contributed by atoms with E-state index in [0.717, 1.165) is 57.8 Å². The number of rotatable bonds is 26. The monoisotopic (exact) mass is 594 g/mol. The summed E-state index contributed by atoms with van der Waals surface area (Å²) < 4.78 is 11.1. The van der Waals surface area contributed by atoms with Gasteiger partial charge in [-0.3, -0.25) is 4.79 Å². The first kappa shape index (κ1) is 36.9. The number of ether oxygens (including phenoxy) is 2. The third-order valence-electron chi connectivity index (χ3n) is 8.94. The molecular weight excluding hydrogens is 532 g/mol. The Labute approximate surface area is 255 Å². The van der Waals surface area contributed by atoms with Gasteiger partial charge in [0.1, 0.15) is 11.9 Å². The van der Waals surface area contributed by atoms with Gasteiger partial charge in [-0.2, -0.15) is 0 Å². The van der Waals surface area contributed by atoms with Gasteiger partial charge in [-0.05, 0) is 57.9 Å². The minimum atomic E-state index is -0.553. The third-order valence-corrected chi connectivity index (χ3v) is 8.94. The molecule has 244 valence electrons. The van der Waals surface area contributed by atoms with E-state index < -0.39 is 18.3 Å². The molecule has 0 unspecified atom stereocenters. The fourth-order valence-corrected chi connectivity index (χ4v) is 6.28. The van der Waals surface area contributed by atoms with Crippen LogP contribution in [0.25, 0.3) is 0 Å². The molecule has 0 amide bonds. The van der Waals surface area contributed by atoms with Crippen molar-refractivity contribution in [3.8, 4) is 0 Å². The van der Waals surface area contributed by atoms with E-state index in [9.17, 15) is 24.9 Å². The van der Waals surface area contributed by atoms with Gasteiger partial charge in [-0.1, -0.05) is 90.4 Å². The minimum Gasteiger partial charge on any atom is -0.455 e. The van der Waals surface area contributed by atoms with E-state index in [0.29, 0.717) is 37.7 Å². The summed E-state index contributed by atoms with van der Waals surface area (Å²) in [6.07, 6.45) is 21.6. The van der Waals surface area contributed by atoms with E-state index in [1.807, 2.05) is 6.92 Å². The van der Waals surface area contributed by atoms with Gasteiger partial charge in [-0.15, -0.1) is 0 Å². The van der Waals surface area contributed by atoms with Crippen LogP contribution in [0.15, 0.2) is 11.6 Å². The van der Waals surface area contributed by atoms with E-state index in [-0.39, 0.29) is 30.1 Å². The number of cyclic esters (lactones) is 1. The van der Waals surface area contributed by atoms with Crippen LogP contribution in [-0.4, -0.2) is 63.7 Å². The summed E-state index contributed by atoms with van der Waals surface area (Å²) in [4.78, 5) is 23.9. The van der Waals surface area contributed by atoms with Gasteiger partial charge in [0, 0.05) is 24.8 Å². The molecule has 7 heteroatoms. The molecular formula is C35H62O7. The van der Waals surface area contributed by atoms with Crippen LogP contribution in [0.1, 0.15) is 162 Å². The number of carbonyl (C=O) groups excluding carboxylic acids is 2. The highest BCUT2D eigenvalue weighted by atomic mass is 16.5. The lowest BCUT2D eigenvalue weighted by atomic mass is 9.99. The van der Waals surface area contributed by atoms with Crippen molar-refractivity contribution in [2.24, 2.45) is 0 Å². The molecule has 0 aromatic carbocycles. The number of carbonyl (C=O) groups is 2. The van der Waals surface area contributed by atoms with Gasteiger partial charge in [0.15, 0.2) is 0 Å². The predicted molar refractivity (Wildman–Crippen MR) is 167 cm³/mol. The lowest BCUT2D eigenvalue weighted by Gasteiger charge is -2.22. The highest BCUT2D eigenvalue weighted by molar-refractivity contribution is 5.90. The Morgan fingerprint density at radius 3 is 1.79 bits per heavy atom. The average Bonchev–Trinajstić information content (AvgIpc) is 3.58. The lowest BCUT2D eigenvalue weighted by Crippen LogP contribution is -2.31. The van der Waals surface area contributed by atoms with Gasteiger partial charge in [0.05, 0.1) is 30.5 Å². The number of unbranched alkanes of at least 4 members (excludes halogenated alkanes) is 12. The van der Waals surface area contributed by atoms with Crippen molar-refractivity contribution in [3.63, 3.8) is 0 Å². The largest absolute Gasteiger partial charge is 0.455 e. The van der Waals surface area contributed by atoms with Crippen LogP contribution in [-0.2, 0) is 19.1 Å². The highest BCUT2D eigenvalue weighted by Crippen LogP contribution is 2.28. The summed E-state index contributed by atoms with van der Waals surface area (Å²) in [6, 6.07) is 0. The summed E-state index contributed by atoms with van der Waals surface area (Å²) in [5.74, 6) is -0.0709. The molecule has 0 radical (unpaired) electrons. The average molecular weight is 595 g/mol. The number of aliphatic hydroxyl groups excluding tert-OH is 3. The molecule has 0 bridgehead atoms. The fourth-order valence-electron chi connectivity index (χ4n) is 6.28. The lowest BCUT2D eigenvalue weighted by molar-refractivity contribution is -0.139. The number of hydrogen-bond donors (Lipinski definition) is 3. The van der Waals surface area contributed by atoms with E-state index in [2.05, 4.69) is 6.92 Å². The van der Waals surface area contributed by atoms with Crippen LogP contribution < -0.4 is 0 Å². The molecule has 42 heavy (non-hydrogen) atoms. The second kappa shape index (κ2) is 22.3. The van der Waals surface area contributed by atoms with Crippen LogP contribution in [0.4, 0.5) is 0 Å². The maximum absolute atomic E-state index is 12.2. The number of aliphatic hydroxyl groups is 3. The number of Topliss-reactive ketones (excluding diaryl/α,β-unsaturated/α-hetero) is 1. The van der Waals surface area contributed by atoms with Crippen LogP contribution >= 0.6 is 0 Å². The Morgan fingerprint density at radius 2 is 1.24 bits per heavy atom. The van der Waals surface area contributed by atoms with Crippen LogP contribution in [0, 0.1) is 0 Å². The molecule has 6 atom stereocenters. The van der Waals surface area contributed by atoms with Crippen LogP contribution in [0.5, 0.6) is 0 Å². The van der Waals surface area contributed by atoms with Crippen LogP contribution in [0.3, 0.4) is 0 Å². The molecule has 0 saturated carbocycles. The zero-order valence-electron chi connectivity index (χ0n) is 26.8. The van der Waals surface area contributed by atoms with Gasteiger partial charge >= 0.3 is 5.97 Å². The van der Waals surface area contributed by atoms with Crippen molar-refractivity contribution in [1.82, 2.24) is 0 Å². The molecule has 0 aromatic heterocycles. The molecule has 0 aliphatic carbocycles. The summed E-state index contributed by atoms with van der Waals surface area (Å²) in [5.41, 5.74) is 0.562. The topological polar surface area (TPSA) is 113 Å². The summed E-state index contributed by atoms with van der Waals surface area (Å²) >= 11 is 0. The van der Waals surface area contributed by atoms with Crippen LogP contribution in [0.2, 0.25) is 0 Å². The van der Waals surface area contributed by atoms with Gasteiger partial charge in [0.25, 0.3) is 0 Å². The fraction of sp³-hybridized carbons (Fsp3) is 0.886. The molecule has 0 spiro atoms. The normalized spacial score (nSPS) is 22.6. The molecule has 2 rings (SSSR count). The van der Waals surface area contributed by atoms with Crippen molar-refractivity contribution in [1.29, 1.82) is 0 Å². The molecule has 7 nitrogen and oxygen atoms in total. The Bertz CT molecular complexity index is 766. The Balaban J connectivity index is 1.41. The van der Waals surface area contributed by atoms with E-state index in [4.69, 9.17) is 9.47 Å². The minimum absolute atomic E-state index is 0.161. The maximum atomic E-state index is 12.2. The summed E-state index contributed by atoms with van der Waals surface area (Å²) in [5, 5.41) is 31.3. The van der Waals surface area contributed by atoms with Crippen molar-refractivity contribution in [2.45, 2.75) is 198 Å². The van der Waals surface area contributed by atoms with Gasteiger partial charge in [0.2, 0.25) is 0 Å². The van der Waals surface area contributed by atoms with Crippen molar-refractivity contribution < 1.29 is 34.4 Å². The summed E-state index contributed by atoms with van der Waals surface area (Å²) in [6.45, 7) is 4.06. The molecule has 2 heterocycles. The van der Waals surface area contributed by atoms with Gasteiger partial charge in [-0.25, -0.2) is 4.79 Å². The molecule has 2 aliphatic rings. The quantitative estimate of drug-likeness (QED) is 0.0713. The van der Waals surface area contributed by atoms with Crippen molar-refractivity contribution in [3.05, 3.63) is 11.6 Å². The molecule has 1 saturated heterocycles. The smallest absolute Gasteiger partial charge is 0.334 e. The molecule has 3 N–H and O–H groups in total. The Kier molecular flexibility index (Phi) is 19.6. The second-order valence-corrected chi connectivity index (χ2v) is 12.9. The first-order valence-electron chi connectivity index (χ1n) is 17.4. The van der Waals surface area contributed by atoms with E-state index in [1.165, 1.54) is 57.8 Å². The van der Waals surface area contributed by atoms with Crippen molar-refractivity contribution in [2.75, 3.05) is 0 Å². The second-order valence-electron chi connectivity index (χ2n) is 12.9. The molecule has 0 aromatic rings. The highest BCUT2D eigenvalue weighted by Gasteiger charge is 2.34. The number of ketones is 1. The SMILES string of the molecule is CCCCCCCCCCCC[C@H](O)[C@@H]1CC[C@H]([C@H](O)CCCCC(=O)CCCCC[C@@H](O)CC2=C[C@H](C)OC2=O)O1. The number of hydrogen-bond acceptors (Lipinski definition) is 7. The Hall–Kier alpha value is -1.28. The number of esters is 1. The van der Waals surface area contributed by atoms with E-state index >= 15 is 0 Å². The van der Waals surface area contributed by atoms with E-state index in [1.54, 1.807) is 6.08 Å². The Morgan fingerprint density at radius 1 is 0.762 bits per heavy atom. The standard InChI is InChI=1S/C35H62O7/c1-3-4-5-6-7-8-9-10-11-15-21-31(38)33-23-24-34(42-33)32(39)22-17-16-19-29(36)18-13-12-14-20-30(37)26-28-25-27(2)41-35(28)40/h25,27,30-34,37-39H,3-24,26H2,1-2H3/t27-,30+,31-,32+,33-,34+/m0/s1. The summed E-state index contributed by atoms with van der Waals surface area (Å²) in [7, 11) is 0. The van der Waals surface area contributed by atoms with Gasteiger partial charge < -0.3 is 24.8 Å². The maximum Gasteiger partial charge on any atom is 0.334 e. The first-order valence-corrected chi connectivity index (χ1v) is 17.4. The molecule has 1 fully saturated rings. The zero-order valence-corrected chi connectivity index (χ0v) is 26.8. The zero-order chi connectivity index (χ0) is 30.6. The first-order chi connectivity index (χ1) is 20.3. The van der Waals surface area contributed by atoms with Crippen molar-refractivity contribution >= 4 is 11.8 Å².